The summed E-state index contributed by atoms with van der Waals surface area (Å²) in [7, 11) is 0. The second kappa shape index (κ2) is 14.8. The second-order valence-corrected chi connectivity index (χ2v) is 19.2. The van der Waals surface area contributed by atoms with Crippen LogP contribution in [-0.4, -0.2) is 15.0 Å². The van der Waals surface area contributed by atoms with Crippen LogP contribution in [0.25, 0.3) is 78.4 Å². The zero-order chi connectivity index (χ0) is 43.8. The normalized spacial score (nSPS) is 13.3. The van der Waals surface area contributed by atoms with Crippen LogP contribution in [0.2, 0.25) is 0 Å². The highest BCUT2D eigenvalue weighted by Crippen LogP contribution is 2.59. The lowest BCUT2D eigenvalue weighted by molar-refractivity contribution is 0.586. The van der Waals surface area contributed by atoms with Gasteiger partial charge in [0, 0.05) is 33.0 Å². The first kappa shape index (κ1) is 39.4. The number of para-hydroxylation sites is 2. The predicted molar refractivity (Wildman–Crippen MR) is 264 cm³/mol. The Bertz CT molecular complexity index is 3330. The van der Waals surface area contributed by atoms with Crippen molar-refractivity contribution in [3.8, 4) is 56.4 Å². The molecular weight excluding hydrogens is 779 g/mol. The molecule has 1 aliphatic carbocycles. The van der Waals surface area contributed by atoms with Crippen molar-refractivity contribution in [2.75, 3.05) is 0 Å². The van der Waals surface area contributed by atoms with E-state index in [0.717, 1.165) is 55.3 Å². The lowest BCUT2D eigenvalue weighted by Crippen LogP contribution is -2.29. The fourth-order valence-corrected chi connectivity index (χ4v) is 9.80. The molecule has 11 rings (SSSR count). The molecule has 10 aromatic rings. The van der Waals surface area contributed by atoms with Crippen molar-refractivity contribution >= 4 is 21.9 Å². The highest BCUT2D eigenvalue weighted by molar-refractivity contribution is 6.09. The lowest BCUT2D eigenvalue weighted by Gasteiger charge is -2.35. The minimum absolute atomic E-state index is 0.0653. The molecule has 0 atom stereocenters. The molecule has 0 bridgehead atoms. The summed E-state index contributed by atoms with van der Waals surface area (Å²) in [6.45, 7) is 13.8. The lowest BCUT2D eigenvalue weighted by atomic mass is 9.66. The van der Waals surface area contributed by atoms with Gasteiger partial charge in [-0.15, -0.1) is 0 Å². The first-order valence-corrected chi connectivity index (χ1v) is 22.3. The molecule has 4 nitrogen and oxygen atoms in total. The van der Waals surface area contributed by atoms with E-state index in [4.69, 9.17) is 19.4 Å². The summed E-state index contributed by atoms with van der Waals surface area (Å²) in [5, 5.41) is 2.22. The fourth-order valence-electron chi connectivity index (χ4n) is 9.80. The average molecular weight is 828 g/mol. The van der Waals surface area contributed by atoms with Gasteiger partial charge in [0.05, 0.1) is 5.41 Å². The average Bonchev–Trinajstić information content (AvgIpc) is 3.85. The van der Waals surface area contributed by atoms with Crippen LogP contribution < -0.4 is 0 Å². The quantitative estimate of drug-likeness (QED) is 0.168. The van der Waals surface area contributed by atoms with E-state index < -0.39 is 5.41 Å². The minimum Gasteiger partial charge on any atom is -0.455 e. The van der Waals surface area contributed by atoms with Gasteiger partial charge in [-0.2, -0.15) is 0 Å². The molecule has 0 radical (unpaired) electrons. The van der Waals surface area contributed by atoms with Crippen molar-refractivity contribution in [2.24, 2.45) is 0 Å². The largest absolute Gasteiger partial charge is 0.455 e. The zero-order valence-corrected chi connectivity index (χ0v) is 37.1. The van der Waals surface area contributed by atoms with Crippen LogP contribution in [0.5, 0.6) is 0 Å². The van der Waals surface area contributed by atoms with Crippen molar-refractivity contribution in [1.82, 2.24) is 15.0 Å². The van der Waals surface area contributed by atoms with Crippen molar-refractivity contribution in [3.63, 3.8) is 0 Å². The van der Waals surface area contributed by atoms with E-state index in [2.05, 4.69) is 199 Å². The number of aromatic nitrogens is 3. The molecule has 0 unspecified atom stereocenters. The fraction of sp³-hybridized carbons (Fsp3) is 0.150. The number of hydrogen-bond donors (Lipinski definition) is 0. The molecule has 0 fully saturated rings. The molecule has 64 heavy (non-hydrogen) atoms. The van der Waals surface area contributed by atoms with E-state index in [1.807, 2.05) is 30.3 Å². The molecular formula is C60H49N3O. The molecule has 0 spiro atoms. The van der Waals surface area contributed by atoms with E-state index >= 15 is 0 Å². The molecule has 0 N–H and O–H groups in total. The number of rotatable bonds is 6. The standard InChI is InChI=1S/C60H49N3O/c1-58(2,3)43-33-34-48-50(36-43)60(41-21-12-8-13-22-41,42-23-14-9-15-24-42)51-37-44(59(4,5)6)35-49(53(48)51)57-62-55(39-19-10-7-11-20-39)61-56(63-57)40-31-29-38(30-32-40)45-26-18-27-47-46-25-16-17-28-52(46)64-54(45)47/h7-37H,1-6H3. The van der Waals surface area contributed by atoms with Crippen LogP contribution >= 0.6 is 0 Å². The summed E-state index contributed by atoms with van der Waals surface area (Å²) < 4.78 is 6.44. The van der Waals surface area contributed by atoms with E-state index in [-0.39, 0.29) is 10.8 Å². The Morgan fingerprint density at radius 3 is 1.56 bits per heavy atom. The summed E-state index contributed by atoms with van der Waals surface area (Å²) >= 11 is 0. The van der Waals surface area contributed by atoms with Crippen LogP contribution in [0, 0.1) is 0 Å². The third-order valence-corrected chi connectivity index (χ3v) is 13.1. The Hall–Kier alpha value is -7.43. The van der Waals surface area contributed by atoms with Crippen LogP contribution in [0.3, 0.4) is 0 Å². The molecule has 2 aromatic heterocycles. The van der Waals surface area contributed by atoms with Crippen molar-refractivity contribution in [1.29, 1.82) is 0 Å². The molecule has 2 heterocycles. The van der Waals surface area contributed by atoms with Gasteiger partial charge in [-0.25, -0.2) is 15.0 Å². The van der Waals surface area contributed by atoms with Gasteiger partial charge in [-0.3, -0.25) is 0 Å². The van der Waals surface area contributed by atoms with Gasteiger partial charge in [0.1, 0.15) is 11.2 Å². The van der Waals surface area contributed by atoms with Gasteiger partial charge < -0.3 is 4.42 Å². The van der Waals surface area contributed by atoms with Gasteiger partial charge in [0.25, 0.3) is 0 Å². The Morgan fingerprint density at radius 2 is 0.922 bits per heavy atom. The smallest absolute Gasteiger partial charge is 0.164 e. The first-order valence-electron chi connectivity index (χ1n) is 22.3. The molecule has 0 amide bonds. The Labute approximate surface area is 375 Å². The zero-order valence-electron chi connectivity index (χ0n) is 37.1. The van der Waals surface area contributed by atoms with Gasteiger partial charge >= 0.3 is 0 Å². The highest BCUT2D eigenvalue weighted by atomic mass is 16.3. The topological polar surface area (TPSA) is 51.8 Å². The first-order chi connectivity index (χ1) is 31.0. The molecule has 0 saturated heterocycles. The number of hydrogen-bond acceptors (Lipinski definition) is 4. The SMILES string of the molecule is CC(C)(C)c1ccc2c(c1)C(c1ccccc1)(c1ccccc1)c1cc(C(C)(C)C)cc(-c3nc(-c4ccccc4)nc(-c4ccc(-c5cccc6c5oc5ccccc56)cc4)n3)c1-2. The Morgan fingerprint density at radius 1 is 0.391 bits per heavy atom. The summed E-state index contributed by atoms with van der Waals surface area (Å²) in [6, 6.07) is 67.5. The maximum Gasteiger partial charge on any atom is 0.164 e. The number of furan rings is 1. The van der Waals surface area contributed by atoms with E-state index in [1.165, 1.54) is 38.9 Å². The molecule has 4 heteroatoms. The number of fused-ring (bicyclic) bond motifs is 6. The Kier molecular flexibility index (Phi) is 9.15. The van der Waals surface area contributed by atoms with E-state index in [9.17, 15) is 0 Å². The van der Waals surface area contributed by atoms with Gasteiger partial charge in [-0.05, 0) is 73.0 Å². The van der Waals surface area contributed by atoms with Gasteiger partial charge in [0.2, 0.25) is 0 Å². The van der Waals surface area contributed by atoms with Crippen LogP contribution in [0.4, 0.5) is 0 Å². The van der Waals surface area contributed by atoms with E-state index in [1.54, 1.807) is 0 Å². The third-order valence-electron chi connectivity index (χ3n) is 13.1. The summed E-state index contributed by atoms with van der Waals surface area (Å²) in [5.74, 6) is 1.89. The van der Waals surface area contributed by atoms with E-state index in [0.29, 0.717) is 17.5 Å². The van der Waals surface area contributed by atoms with Gasteiger partial charge in [-0.1, -0.05) is 217 Å². The van der Waals surface area contributed by atoms with Crippen molar-refractivity contribution < 1.29 is 4.42 Å². The molecule has 1 aliphatic rings. The highest BCUT2D eigenvalue weighted by Gasteiger charge is 2.48. The summed E-state index contributed by atoms with van der Waals surface area (Å²) in [5.41, 5.74) is 15.7. The van der Waals surface area contributed by atoms with Crippen LogP contribution in [0.1, 0.15) is 74.9 Å². The molecule has 310 valence electrons. The van der Waals surface area contributed by atoms with Gasteiger partial charge in [0.15, 0.2) is 17.5 Å². The predicted octanol–water partition coefficient (Wildman–Crippen LogP) is 15.4. The number of benzene rings is 8. The molecule has 0 saturated carbocycles. The number of nitrogens with zero attached hydrogens (tertiary/aromatic N) is 3. The molecule has 0 aliphatic heterocycles. The maximum atomic E-state index is 6.44. The third kappa shape index (κ3) is 6.39. The summed E-state index contributed by atoms with van der Waals surface area (Å²) in [6.07, 6.45) is 0. The monoisotopic (exact) mass is 827 g/mol. The van der Waals surface area contributed by atoms with Crippen molar-refractivity contribution in [2.45, 2.75) is 57.8 Å². The van der Waals surface area contributed by atoms with Crippen LogP contribution in [0.15, 0.2) is 192 Å². The molecule has 8 aromatic carbocycles. The van der Waals surface area contributed by atoms with Crippen molar-refractivity contribution in [3.05, 3.63) is 221 Å². The maximum absolute atomic E-state index is 6.44. The summed E-state index contributed by atoms with van der Waals surface area (Å²) in [4.78, 5) is 16.1. The Balaban J connectivity index is 1.17. The van der Waals surface area contributed by atoms with Crippen LogP contribution in [-0.2, 0) is 16.2 Å². The minimum atomic E-state index is -0.610. The second-order valence-electron chi connectivity index (χ2n) is 19.2.